The number of nitrogens with one attached hydrogen (secondary N) is 3. The molecule has 0 saturated heterocycles. The predicted octanol–water partition coefficient (Wildman–Crippen LogP) is 25.8. The van der Waals surface area contributed by atoms with E-state index in [2.05, 4.69) is 97.8 Å². The number of rotatable bonds is 42. The number of anilines is 4. The number of aromatic nitrogens is 6. The number of nitrogens with zero attached hydrogens (tertiary/aromatic N) is 22. The first-order valence-electron chi connectivity index (χ1n) is 44.5. The van der Waals surface area contributed by atoms with E-state index >= 15 is 0 Å². The summed E-state index contributed by atoms with van der Waals surface area (Å²) in [6.07, 6.45) is 0.792. The van der Waals surface area contributed by atoms with Crippen molar-refractivity contribution in [3.63, 3.8) is 0 Å². The van der Waals surface area contributed by atoms with E-state index in [4.69, 9.17) is 39.4 Å². The first kappa shape index (κ1) is 104. The quantitative estimate of drug-likeness (QED) is 0.0100. The summed E-state index contributed by atoms with van der Waals surface area (Å²) in [4.78, 5) is 27.9. The molecule has 8 N–H and O–H groups in total. The molecule has 0 spiro atoms. The summed E-state index contributed by atoms with van der Waals surface area (Å²) in [5, 5.41) is 78.8. The molecular formula is C99H89N25O17S5. The first-order chi connectivity index (χ1) is 69.9. The lowest BCUT2D eigenvalue weighted by atomic mass is 10.0. The van der Waals surface area contributed by atoms with Crippen LogP contribution in [0, 0.1) is 27.7 Å². The molecule has 0 radical (unpaired) electrons. The number of hydrogen-bond donors (Lipinski definition) is 8. The van der Waals surface area contributed by atoms with Crippen molar-refractivity contribution in [2.45, 2.75) is 99.4 Å². The van der Waals surface area contributed by atoms with Gasteiger partial charge >= 0.3 is 0 Å². The van der Waals surface area contributed by atoms with E-state index in [0.29, 0.717) is 132 Å². The van der Waals surface area contributed by atoms with E-state index in [-0.39, 0.29) is 107 Å². The highest BCUT2D eigenvalue weighted by molar-refractivity contribution is 7.87. The highest BCUT2D eigenvalue weighted by atomic mass is 32.2. The van der Waals surface area contributed by atoms with Crippen molar-refractivity contribution in [1.82, 2.24) is 29.9 Å². The normalized spacial score (nSPS) is 12.4. The summed E-state index contributed by atoms with van der Waals surface area (Å²) in [7, 11) is -22.8. The molecule has 0 aliphatic rings. The van der Waals surface area contributed by atoms with Crippen LogP contribution in [0.1, 0.15) is 87.3 Å². The van der Waals surface area contributed by atoms with Gasteiger partial charge in [-0.2, -0.15) is 139 Å². The number of azo groups is 8. The molecular weight excluding hydrogens is 1970 g/mol. The lowest BCUT2D eigenvalue weighted by molar-refractivity contribution is 0.313. The van der Waals surface area contributed by atoms with Crippen molar-refractivity contribution < 1.29 is 74.3 Å². The second kappa shape index (κ2) is 47.0. The fourth-order valence-corrected chi connectivity index (χ4v) is 16.7. The molecule has 0 amide bonds. The molecule has 146 heavy (non-hydrogen) atoms. The molecule has 15 rings (SSSR count). The molecule has 42 nitrogen and oxygen atoms in total. The molecule has 0 saturated carbocycles. The number of aryl methyl sites for hydroxylation is 4. The van der Waals surface area contributed by atoms with Gasteiger partial charge in [0.1, 0.15) is 50.1 Å². The minimum atomic E-state index is -4.84. The van der Waals surface area contributed by atoms with E-state index in [1.165, 1.54) is 72.8 Å². The van der Waals surface area contributed by atoms with Gasteiger partial charge < -0.3 is 25.4 Å². The fraction of sp³-hybridized carbons (Fsp3) is 0.152. The van der Waals surface area contributed by atoms with Gasteiger partial charge in [0.05, 0.1) is 108 Å². The molecule has 742 valence electrons. The largest absolute Gasteiger partial charge is 0.493 e. The average molecular weight is 2060 g/mol. The van der Waals surface area contributed by atoms with Crippen LogP contribution in [0.15, 0.2) is 380 Å². The van der Waals surface area contributed by atoms with E-state index in [9.17, 15) is 64.9 Å². The van der Waals surface area contributed by atoms with Crippen LogP contribution < -0.4 is 25.4 Å². The molecule has 2 aromatic heterocycles. The van der Waals surface area contributed by atoms with Crippen LogP contribution in [0.5, 0.6) is 11.5 Å². The summed E-state index contributed by atoms with van der Waals surface area (Å²) >= 11 is 0. The molecule has 47 heteroatoms. The summed E-state index contributed by atoms with van der Waals surface area (Å²) < 4.78 is 183. The minimum absolute atomic E-state index is 0.0223. The topological polar surface area (TPSA) is 602 Å². The number of hydrogen-bond acceptors (Lipinski definition) is 37. The predicted molar refractivity (Wildman–Crippen MR) is 544 cm³/mol. The van der Waals surface area contributed by atoms with Gasteiger partial charge in [0.2, 0.25) is 17.8 Å². The first-order valence-corrected chi connectivity index (χ1v) is 51.8. The van der Waals surface area contributed by atoms with Gasteiger partial charge in [-0.15, -0.1) is 10.2 Å². The van der Waals surface area contributed by atoms with Gasteiger partial charge in [0.25, 0.3) is 50.6 Å². The molecule has 0 aliphatic heterocycles. The van der Waals surface area contributed by atoms with Crippen molar-refractivity contribution in [2.75, 3.05) is 34.9 Å². The van der Waals surface area contributed by atoms with Gasteiger partial charge in [-0.3, -0.25) is 22.8 Å². The van der Waals surface area contributed by atoms with Gasteiger partial charge in [0.15, 0.2) is 0 Å². The van der Waals surface area contributed by atoms with E-state index in [1.807, 2.05) is 81.4 Å². The van der Waals surface area contributed by atoms with Crippen LogP contribution in [0.2, 0.25) is 0 Å². The SMILES string of the molecule is CCCOc1cc(N=Nc2ccc(N=Nc3ccccc3)cc2S(=O)(=O)O)c(C)cc1Cc1nc(NCc2ccc(CNc3nc(Cc4ccc(N=Nc5ccc(N=Nc6ccccc6)cc5S(=O)(=O)O)c(C)c4)nc(Cc4cc(C)c(N=Nc5ccc(N=Nc6ccc(S(=O)(=O)O)cc6)cc5)cc4OCCCS(=O)(=O)O)n3)cc2)nc(Nc2ccc(N=Nc3ccc(N=Nc4ccc(S(=O)(=O)O)cc4)cc3)c(C)c2)n1. The highest BCUT2D eigenvalue weighted by Gasteiger charge is 2.24. The Hall–Kier alpha value is -16.8. The zero-order valence-corrected chi connectivity index (χ0v) is 82.2. The van der Waals surface area contributed by atoms with Crippen LogP contribution in [-0.2, 0) is 82.9 Å². The minimum Gasteiger partial charge on any atom is -0.493 e. The van der Waals surface area contributed by atoms with Crippen LogP contribution in [0.4, 0.5) is 115 Å². The zero-order chi connectivity index (χ0) is 103. The molecule has 0 atom stereocenters. The van der Waals surface area contributed by atoms with Crippen molar-refractivity contribution in [2.24, 2.45) is 81.8 Å². The number of ether oxygens (including phenoxy) is 2. The van der Waals surface area contributed by atoms with Crippen molar-refractivity contribution in [1.29, 1.82) is 0 Å². The van der Waals surface area contributed by atoms with E-state index in [1.54, 1.807) is 147 Å². The van der Waals surface area contributed by atoms with Gasteiger partial charge in [-0.25, -0.2) is 4.98 Å². The summed E-state index contributed by atoms with van der Waals surface area (Å²) in [5.74, 6) is 1.52. The van der Waals surface area contributed by atoms with Gasteiger partial charge in [-0.1, -0.05) is 79.7 Å². The summed E-state index contributed by atoms with van der Waals surface area (Å²) in [5.41, 5.74) is 11.9. The third kappa shape index (κ3) is 30.2. The van der Waals surface area contributed by atoms with Crippen LogP contribution in [0.3, 0.4) is 0 Å². The Morgan fingerprint density at radius 2 is 0.616 bits per heavy atom. The zero-order valence-electron chi connectivity index (χ0n) is 78.1. The maximum absolute atomic E-state index is 12.8. The van der Waals surface area contributed by atoms with E-state index in [0.717, 1.165) is 34.4 Å². The Bertz CT molecular complexity index is 8220. The second-order valence-corrected chi connectivity index (χ2v) is 39.7. The van der Waals surface area contributed by atoms with Crippen molar-refractivity contribution in [3.05, 3.63) is 347 Å². The Morgan fingerprint density at radius 1 is 0.288 bits per heavy atom. The second-order valence-electron chi connectivity index (χ2n) is 32.5. The Kier molecular flexibility index (Phi) is 33.3. The molecule has 2 heterocycles. The summed E-state index contributed by atoms with van der Waals surface area (Å²) in [6.45, 7) is 9.75. The lowest BCUT2D eigenvalue weighted by Gasteiger charge is -2.15. The van der Waals surface area contributed by atoms with E-state index < -0.39 is 66.1 Å². The van der Waals surface area contributed by atoms with Crippen LogP contribution >= 0.6 is 0 Å². The monoisotopic (exact) mass is 2060 g/mol. The molecule has 0 unspecified atom stereocenters. The van der Waals surface area contributed by atoms with Crippen LogP contribution in [0.25, 0.3) is 0 Å². The van der Waals surface area contributed by atoms with Crippen molar-refractivity contribution in [3.8, 4) is 11.5 Å². The number of benzene rings is 13. The Labute approximate surface area is 838 Å². The molecule has 0 aliphatic carbocycles. The maximum Gasteiger partial charge on any atom is 0.296 e. The maximum atomic E-state index is 12.8. The fourth-order valence-electron chi connectivity index (χ4n) is 13.9. The molecule has 15 aromatic rings. The average Bonchev–Trinajstić information content (AvgIpc) is 0.806. The Balaban J connectivity index is 0.694. The highest BCUT2D eigenvalue weighted by Crippen LogP contribution is 2.40. The molecule has 13 aromatic carbocycles. The van der Waals surface area contributed by atoms with Crippen molar-refractivity contribution >= 4 is 165 Å². The Morgan fingerprint density at radius 3 is 1.03 bits per heavy atom. The summed E-state index contributed by atoms with van der Waals surface area (Å²) in [6, 6.07) is 74.7. The third-order valence-electron chi connectivity index (χ3n) is 21.3. The lowest BCUT2D eigenvalue weighted by Crippen LogP contribution is -2.12. The van der Waals surface area contributed by atoms with Gasteiger partial charge in [-0.05, 0) is 274 Å². The smallest absolute Gasteiger partial charge is 0.296 e. The molecule has 0 bridgehead atoms. The molecule has 0 fully saturated rings. The standard InChI is InChI=1S/C99H89N25O17S5/c1-6-46-140-90-59-89(124-122-87-45-37-81(57-93(87)146(137,138)139)118-110-72-16-11-8-12-17-72)64(4)51-70(90)55-96-106-98(108-99(107-96)102-79-35-43-85(65(5)52-79)119-115-75-27-23-73(24-28-75)111-113-77-31-38-82(39-32-77)143(128,129)130)101-61-67-20-18-66(19-21-67)60-100-97-104-94(53-68-22-42-84(62(2)49-68)120-121-86-44-36-80(56-92(86)145(134,135)136)117-109-71-14-9-7-10-15-71)103-95(105-97)54-69-50-63(3)88(58-91(69)141-47-13-48-142(125,126)127)123-116-76-29-25-74(26-30-76)112-114-78-33-40-83(41-34-78)144(131,132)133/h7-12,14-45,49-52,56-59H,6,13,46-48,53-55,60-61H2,1-5H3,(H,125,126,127)(H,128,129,130)(H,131,132,133)(H,134,135,136)(H,137,138,139)(H,100,103,104,105)(H2,101,102,106,107,108). The third-order valence-corrected chi connectivity index (χ3v) is 25.6. The van der Waals surface area contributed by atoms with Crippen LogP contribution in [-0.4, -0.2) is 114 Å². The van der Waals surface area contributed by atoms with Gasteiger partial charge in [0, 0.05) is 61.3 Å².